The molecule has 2 rings (SSSR count). The fourth-order valence-electron chi connectivity index (χ4n) is 2.56. The molecule has 0 amide bonds. The fraction of sp³-hybridized carbons (Fsp3) is 0.500. The molecule has 19 heavy (non-hydrogen) atoms. The van der Waals surface area contributed by atoms with E-state index in [0.29, 0.717) is 17.9 Å². The van der Waals surface area contributed by atoms with Gasteiger partial charge in [0.25, 0.3) is 0 Å². The summed E-state index contributed by atoms with van der Waals surface area (Å²) in [5.74, 6) is 0.238. The van der Waals surface area contributed by atoms with E-state index in [0.717, 1.165) is 11.1 Å². The molecule has 0 saturated heterocycles. The molecule has 104 valence electrons. The van der Waals surface area contributed by atoms with Crippen molar-refractivity contribution in [3.05, 3.63) is 23.3 Å². The van der Waals surface area contributed by atoms with E-state index in [1.54, 1.807) is 20.3 Å². The van der Waals surface area contributed by atoms with E-state index in [9.17, 15) is 4.79 Å². The van der Waals surface area contributed by atoms with Gasteiger partial charge in [0.15, 0.2) is 0 Å². The monoisotopic (exact) mass is 265 g/mol. The zero-order valence-corrected chi connectivity index (χ0v) is 11.3. The SMILES string of the molecule is COc1cc(C)c(C(N)C2CC2C(=O)O)c(OC)c1. The molecule has 3 atom stereocenters. The highest BCUT2D eigenvalue weighted by Crippen LogP contribution is 2.49. The van der Waals surface area contributed by atoms with Crippen LogP contribution in [-0.4, -0.2) is 25.3 Å². The van der Waals surface area contributed by atoms with Crippen LogP contribution in [0.1, 0.15) is 23.6 Å². The van der Waals surface area contributed by atoms with Crippen LogP contribution in [0.25, 0.3) is 0 Å². The van der Waals surface area contributed by atoms with Crippen molar-refractivity contribution in [3.63, 3.8) is 0 Å². The molecule has 0 spiro atoms. The minimum Gasteiger partial charge on any atom is -0.497 e. The van der Waals surface area contributed by atoms with Gasteiger partial charge in [0.2, 0.25) is 0 Å². The molecule has 5 heteroatoms. The van der Waals surface area contributed by atoms with E-state index >= 15 is 0 Å². The van der Waals surface area contributed by atoms with Crippen LogP contribution in [0.15, 0.2) is 12.1 Å². The van der Waals surface area contributed by atoms with Crippen molar-refractivity contribution in [2.24, 2.45) is 17.6 Å². The number of rotatable bonds is 5. The molecule has 1 aromatic carbocycles. The molecule has 1 saturated carbocycles. The third-order valence-electron chi connectivity index (χ3n) is 3.73. The lowest BCUT2D eigenvalue weighted by Crippen LogP contribution is -2.18. The van der Waals surface area contributed by atoms with Gasteiger partial charge in [0, 0.05) is 17.7 Å². The van der Waals surface area contributed by atoms with Crippen LogP contribution < -0.4 is 15.2 Å². The maximum absolute atomic E-state index is 10.9. The second-order valence-electron chi connectivity index (χ2n) is 4.93. The van der Waals surface area contributed by atoms with Crippen LogP contribution in [0.3, 0.4) is 0 Å². The molecule has 0 heterocycles. The Hall–Kier alpha value is -1.75. The summed E-state index contributed by atoms with van der Waals surface area (Å²) in [5.41, 5.74) is 8.04. The number of aryl methyl sites for hydroxylation is 1. The number of ether oxygens (including phenoxy) is 2. The molecule has 3 unspecified atom stereocenters. The average molecular weight is 265 g/mol. The van der Waals surface area contributed by atoms with Gasteiger partial charge in [0.05, 0.1) is 20.1 Å². The van der Waals surface area contributed by atoms with Crippen molar-refractivity contribution in [1.29, 1.82) is 0 Å². The van der Waals surface area contributed by atoms with Crippen LogP contribution in [0, 0.1) is 18.8 Å². The number of methoxy groups -OCH3 is 2. The van der Waals surface area contributed by atoms with Gasteiger partial charge >= 0.3 is 5.97 Å². The van der Waals surface area contributed by atoms with Crippen molar-refractivity contribution in [1.82, 2.24) is 0 Å². The van der Waals surface area contributed by atoms with Crippen molar-refractivity contribution in [2.75, 3.05) is 14.2 Å². The van der Waals surface area contributed by atoms with E-state index in [1.165, 1.54) is 0 Å². The first-order chi connectivity index (χ1) is 8.99. The Morgan fingerprint density at radius 2 is 2.11 bits per heavy atom. The number of benzene rings is 1. The fourth-order valence-corrected chi connectivity index (χ4v) is 2.56. The number of nitrogens with two attached hydrogens (primary N) is 1. The average Bonchev–Trinajstić information content (AvgIpc) is 3.17. The van der Waals surface area contributed by atoms with Gasteiger partial charge in [-0.1, -0.05) is 0 Å². The number of carbonyl (C=O) groups is 1. The van der Waals surface area contributed by atoms with Gasteiger partial charge in [-0.05, 0) is 30.9 Å². The van der Waals surface area contributed by atoms with Gasteiger partial charge in [-0.2, -0.15) is 0 Å². The standard InChI is InChI=1S/C14H19NO4/c1-7-4-8(18-2)5-11(19-3)12(7)13(15)9-6-10(9)14(16)17/h4-5,9-10,13H,6,15H2,1-3H3,(H,16,17). The molecule has 1 aliphatic rings. The Morgan fingerprint density at radius 1 is 1.42 bits per heavy atom. The van der Waals surface area contributed by atoms with Crippen LogP contribution in [0.5, 0.6) is 11.5 Å². The van der Waals surface area contributed by atoms with E-state index < -0.39 is 5.97 Å². The molecule has 0 bridgehead atoms. The lowest BCUT2D eigenvalue weighted by molar-refractivity contribution is -0.138. The maximum Gasteiger partial charge on any atom is 0.306 e. The zero-order valence-electron chi connectivity index (χ0n) is 11.3. The maximum atomic E-state index is 10.9. The summed E-state index contributed by atoms with van der Waals surface area (Å²) >= 11 is 0. The van der Waals surface area contributed by atoms with E-state index in [1.807, 2.05) is 13.0 Å². The summed E-state index contributed by atoms with van der Waals surface area (Å²) in [6, 6.07) is 3.35. The number of hydrogen-bond donors (Lipinski definition) is 2. The quantitative estimate of drug-likeness (QED) is 0.847. The van der Waals surface area contributed by atoms with E-state index in [2.05, 4.69) is 0 Å². The molecular formula is C14H19NO4. The molecule has 0 radical (unpaired) electrons. The Bertz CT molecular complexity index is 500. The number of hydrogen-bond acceptors (Lipinski definition) is 4. The minimum absolute atomic E-state index is 0.0153. The molecule has 1 aromatic rings. The summed E-state index contributed by atoms with van der Waals surface area (Å²) in [4.78, 5) is 10.9. The molecule has 1 fully saturated rings. The van der Waals surface area contributed by atoms with Gasteiger partial charge in [-0.15, -0.1) is 0 Å². The zero-order chi connectivity index (χ0) is 14.2. The highest BCUT2D eigenvalue weighted by molar-refractivity contribution is 5.73. The number of carboxylic acid groups (broad SMARTS) is 1. The van der Waals surface area contributed by atoms with Crippen LogP contribution in [-0.2, 0) is 4.79 Å². The molecule has 0 aliphatic heterocycles. The highest BCUT2D eigenvalue weighted by atomic mass is 16.5. The molecule has 5 nitrogen and oxygen atoms in total. The molecule has 3 N–H and O–H groups in total. The second-order valence-corrected chi connectivity index (χ2v) is 4.93. The first-order valence-electron chi connectivity index (χ1n) is 6.20. The lowest BCUT2D eigenvalue weighted by Gasteiger charge is -2.19. The third-order valence-corrected chi connectivity index (χ3v) is 3.73. The van der Waals surface area contributed by atoms with Gasteiger partial charge < -0.3 is 20.3 Å². The number of carboxylic acids is 1. The van der Waals surface area contributed by atoms with Crippen LogP contribution >= 0.6 is 0 Å². The minimum atomic E-state index is -0.773. The first-order valence-corrected chi connectivity index (χ1v) is 6.20. The second kappa shape index (κ2) is 5.09. The predicted octanol–water partition coefficient (Wildman–Crippen LogP) is 1.73. The topological polar surface area (TPSA) is 81.8 Å². The molecular weight excluding hydrogens is 246 g/mol. The Labute approximate surface area is 112 Å². The molecule has 1 aliphatic carbocycles. The first kappa shape index (κ1) is 13.7. The van der Waals surface area contributed by atoms with Crippen molar-refractivity contribution in [2.45, 2.75) is 19.4 Å². The lowest BCUT2D eigenvalue weighted by atomic mass is 9.96. The van der Waals surface area contributed by atoms with E-state index in [4.69, 9.17) is 20.3 Å². The van der Waals surface area contributed by atoms with Crippen molar-refractivity contribution >= 4 is 5.97 Å². The van der Waals surface area contributed by atoms with Gasteiger partial charge in [-0.3, -0.25) is 4.79 Å². The van der Waals surface area contributed by atoms with Crippen molar-refractivity contribution < 1.29 is 19.4 Å². The van der Waals surface area contributed by atoms with Gasteiger partial charge in [-0.25, -0.2) is 0 Å². The largest absolute Gasteiger partial charge is 0.497 e. The highest BCUT2D eigenvalue weighted by Gasteiger charge is 2.48. The predicted molar refractivity (Wildman–Crippen MR) is 70.4 cm³/mol. The van der Waals surface area contributed by atoms with E-state index in [-0.39, 0.29) is 17.9 Å². The summed E-state index contributed by atoms with van der Waals surface area (Å²) in [6.45, 7) is 1.93. The van der Waals surface area contributed by atoms with Crippen LogP contribution in [0.4, 0.5) is 0 Å². The van der Waals surface area contributed by atoms with Crippen molar-refractivity contribution in [3.8, 4) is 11.5 Å². The summed E-state index contributed by atoms with van der Waals surface area (Å²) < 4.78 is 10.5. The normalized spacial score (nSPS) is 22.7. The number of aliphatic carboxylic acids is 1. The Kier molecular flexibility index (Phi) is 3.66. The smallest absolute Gasteiger partial charge is 0.306 e. The third kappa shape index (κ3) is 2.51. The van der Waals surface area contributed by atoms with Gasteiger partial charge in [0.1, 0.15) is 11.5 Å². The summed E-state index contributed by atoms with van der Waals surface area (Å²) in [5, 5.41) is 8.99. The Morgan fingerprint density at radius 3 is 2.58 bits per heavy atom. The summed E-state index contributed by atoms with van der Waals surface area (Å²) in [7, 11) is 3.17. The summed E-state index contributed by atoms with van der Waals surface area (Å²) in [6.07, 6.45) is 0.630. The van der Waals surface area contributed by atoms with Crippen LogP contribution in [0.2, 0.25) is 0 Å². The Balaban J connectivity index is 2.31. The molecule has 0 aromatic heterocycles.